The average Bonchev–Trinajstić information content (AvgIpc) is 3.50. The van der Waals surface area contributed by atoms with E-state index in [0.717, 1.165) is 27.4 Å². The third-order valence-electron chi connectivity index (χ3n) is 6.75. The first-order valence-corrected chi connectivity index (χ1v) is 11.4. The maximum atomic E-state index is 13.1. The van der Waals surface area contributed by atoms with E-state index in [-0.39, 0.29) is 12.4 Å². The summed E-state index contributed by atoms with van der Waals surface area (Å²) in [4.78, 5) is 25.4. The van der Waals surface area contributed by atoms with E-state index in [2.05, 4.69) is 21.8 Å². The van der Waals surface area contributed by atoms with Crippen molar-refractivity contribution >= 4 is 33.6 Å². The molecule has 0 spiro atoms. The second kappa shape index (κ2) is 7.88. The number of carbonyl (C=O) groups is 2. The number of methoxy groups -OCH3 is 1. The zero-order valence-electron chi connectivity index (χ0n) is 19.6. The quantitative estimate of drug-likeness (QED) is 0.332. The molecule has 0 aliphatic carbocycles. The number of rotatable bonds is 5. The number of nitrogens with one attached hydrogen (secondary N) is 2. The van der Waals surface area contributed by atoms with Gasteiger partial charge in [0.05, 0.1) is 19.2 Å². The zero-order chi connectivity index (χ0) is 25.0. The van der Waals surface area contributed by atoms with Gasteiger partial charge in [-0.05, 0) is 47.0 Å². The number of amides is 3. The van der Waals surface area contributed by atoms with E-state index in [0.29, 0.717) is 16.7 Å². The third-order valence-corrected chi connectivity index (χ3v) is 6.75. The van der Waals surface area contributed by atoms with Crippen LogP contribution >= 0.6 is 0 Å². The number of hydrogen-bond donors (Lipinski definition) is 3. The fourth-order valence-corrected chi connectivity index (χ4v) is 4.90. The third kappa shape index (κ3) is 3.36. The van der Waals surface area contributed by atoms with E-state index < -0.39 is 17.5 Å². The van der Waals surface area contributed by atoms with Crippen molar-refractivity contribution in [1.29, 1.82) is 0 Å². The second-order valence-corrected chi connectivity index (χ2v) is 9.00. The number of fused-ring (bicyclic) bond motifs is 2. The molecule has 3 amide bonds. The molecule has 0 bridgehead atoms. The van der Waals surface area contributed by atoms with Crippen molar-refractivity contribution in [3.8, 4) is 22.8 Å². The molecule has 9 heteroatoms. The van der Waals surface area contributed by atoms with Crippen LogP contribution in [0.3, 0.4) is 0 Å². The van der Waals surface area contributed by atoms with Gasteiger partial charge in [-0.1, -0.05) is 30.3 Å². The van der Waals surface area contributed by atoms with Crippen LogP contribution in [-0.2, 0) is 23.9 Å². The standard InChI is InChI=1S/C27H23N5O4/c1-31-13-19-11-17(6-10-23(19)30-31)16-3-7-20(8-4-16)27(25(34)28-26(35)29-27)15-32-14-18-5-9-21(36-2)12-22(18)24(32)33/h3-14,33H,15H2,1-2H3,(H2,28,29,34,35)/t27-/m0/s1. The van der Waals surface area contributed by atoms with Crippen molar-refractivity contribution in [3.05, 3.63) is 78.6 Å². The lowest BCUT2D eigenvalue weighted by Gasteiger charge is -2.27. The van der Waals surface area contributed by atoms with Crippen molar-refractivity contribution in [2.75, 3.05) is 7.11 Å². The normalized spacial score (nSPS) is 17.5. The number of ether oxygens (including phenoxy) is 1. The highest BCUT2D eigenvalue weighted by Crippen LogP contribution is 2.35. The number of carbonyl (C=O) groups excluding carboxylic acids is 2. The fourth-order valence-electron chi connectivity index (χ4n) is 4.90. The van der Waals surface area contributed by atoms with Crippen LogP contribution in [0.25, 0.3) is 32.8 Å². The number of benzene rings is 3. The summed E-state index contributed by atoms with van der Waals surface area (Å²) in [6.45, 7) is 0.00833. The Morgan fingerprint density at radius 1 is 0.972 bits per heavy atom. The first-order valence-electron chi connectivity index (χ1n) is 11.4. The highest BCUT2D eigenvalue weighted by Gasteiger charge is 2.48. The van der Waals surface area contributed by atoms with Crippen LogP contribution in [-0.4, -0.2) is 38.5 Å². The largest absolute Gasteiger partial charge is 0.497 e. The van der Waals surface area contributed by atoms with E-state index >= 15 is 0 Å². The predicted octanol–water partition coefficient (Wildman–Crippen LogP) is 3.64. The summed E-state index contributed by atoms with van der Waals surface area (Å²) in [7, 11) is 3.44. The number of aromatic nitrogens is 3. The van der Waals surface area contributed by atoms with Gasteiger partial charge in [-0.3, -0.25) is 14.8 Å². The smallest absolute Gasteiger partial charge is 0.322 e. The van der Waals surface area contributed by atoms with Crippen molar-refractivity contribution in [3.63, 3.8) is 0 Å². The molecule has 1 saturated heterocycles. The summed E-state index contributed by atoms with van der Waals surface area (Å²) in [6.07, 6.45) is 3.71. The lowest BCUT2D eigenvalue weighted by Crippen LogP contribution is -2.47. The van der Waals surface area contributed by atoms with Crippen LogP contribution < -0.4 is 15.4 Å². The molecule has 3 heterocycles. The van der Waals surface area contributed by atoms with Crippen LogP contribution in [0.4, 0.5) is 4.79 Å². The van der Waals surface area contributed by atoms with E-state index in [1.807, 2.05) is 55.7 Å². The molecule has 1 atom stereocenters. The molecule has 5 aromatic rings. The summed E-state index contributed by atoms with van der Waals surface area (Å²) in [5.41, 5.74) is 2.11. The highest BCUT2D eigenvalue weighted by atomic mass is 16.5. The van der Waals surface area contributed by atoms with Gasteiger partial charge in [0.1, 0.15) is 5.75 Å². The lowest BCUT2D eigenvalue weighted by atomic mass is 9.88. The van der Waals surface area contributed by atoms with Gasteiger partial charge in [0.25, 0.3) is 5.91 Å². The van der Waals surface area contributed by atoms with Crippen molar-refractivity contribution < 1.29 is 19.4 Å². The monoisotopic (exact) mass is 481 g/mol. The molecular weight excluding hydrogens is 458 g/mol. The fraction of sp³-hybridized carbons (Fsp3) is 0.148. The first-order chi connectivity index (χ1) is 17.4. The van der Waals surface area contributed by atoms with Gasteiger partial charge in [0.15, 0.2) is 11.4 Å². The van der Waals surface area contributed by atoms with E-state index in [1.54, 1.807) is 34.7 Å². The number of aromatic hydroxyl groups is 1. The minimum Gasteiger partial charge on any atom is -0.497 e. The molecule has 6 rings (SSSR count). The summed E-state index contributed by atoms with van der Waals surface area (Å²) in [6, 6.07) is 18.3. The first kappa shape index (κ1) is 21.7. The van der Waals surface area contributed by atoms with Gasteiger partial charge < -0.3 is 19.7 Å². The van der Waals surface area contributed by atoms with Crippen LogP contribution in [0.5, 0.6) is 11.6 Å². The van der Waals surface area contributed by atoms with Crippen molar-refractivity contribution in [1.82, 2.24) is 25.0 Å². The Morgan fingerprint density at radius 2 is 1.75 bits per heavy atom. The van der Waals surface area contributed by atoms with Crippen LogP contribution in [0.2, 0.25) is 0 Å². The van der Waals surface area contributed by atoms with Gasteiger partial charge in [-0.2, -0.15) is 5.10 Å². The number of aryl methyl sites for hydroxylation is 1. The molecule has 1 aliphatic heterocycles. The summed E-state index contributed by atoms with van der Waals surface area (Å²) < 4.78 is 8.61. The molecule has 1 fully saturated rings. The Morgan fingerprint density at radius 3 is 2.47 bits per heavy atom. The Bertz CT molecular complexity index is 1670. The predicted molar refractivity (Wildman–Crippen MR) is 135 cm³/mol. The average molecular weight is 482 g/mol. The molecule has 9 nitrogen and oxygen atoms in total. The number of imide groups is 1. The number of urea groups is 1. The van der Waals surface area contributed by atoms with Gasteiger partial charge in [0.2, 0.25) is 0 Å². The Balaban J connectivity index is 1.39. The summed E-state index contributed by atoms with van der Waals surface area (Å²) in [5.74, 6) is 0.114. The van der Waals surface area contributed by atoms with Gasteiger partial charge >= 0.3 is 6.03 Å². The minimum atomic E-state index is -1.39. The van der Waals surface area contributed by atoms with Gasteiger partial charge in [-0.15, -0.1) is 0 Å². The lowest BCUT2D eigenvalue weighted by molar-refractivity contribution is -0.124. The number of hydrogen-bond acceptors (Lipinski definition) is 5. The molecule has 0 radical (unpaired) electrons. The van der Waals surface area contributed by atoms with Crippen molar-refractivity contribution in [2.24, 2.45) is 7.05 Å². The summed E-state index contributed by atoms with van der Waals surface area (Å²) >= 11 is 0. The second-order valence-electron chi connectivity index (χ2n) is 9.00. The number of nitrogens with zero attached hydrogens (tertiary/aromatic N) is 3. The SMILES string of the molecule is COc1ccc2cn(C[C@@]3(c4ccc(-c5ccc6nn(C)cc6c5)cc4)NC(=O)NC3=O)c(O)c2c1. The Hall–Kier alpha value is -4.79. The minimum absolute atomic E-state index is 0.00833. The molecule has 180 valence electrons. The maximum Gasteiger partial charge on any atom is 0.322 e. The molecule has 1 aliphatic rings. The van der Waals surface area contributed by atoms with Crippen LogP contribution in [0.1, 0.15) is 5.56 Å². The van der Waals surface area contributed by atoms with E-state index in [1.165, 1.54) is 0 Å². The molecule has 36 heavy (non-hydrogen) atoms. The van der Waals surface area contributed by atoms with Crippen molar-refractivity contribution in [2.45, 2.75) is 12.1 Å². The molecule has 2 aromatic heterocycles. The molecule has 0 unspecified atom stereocenters. The Labute approximate surface area is 205 Å². The zero-order valence-corrected chi connectivity index (χ0v) is 19.6. The molecular formula is C27H23N5O4. The van der Waals surface area contributed by atoms with Gasteiger partial charge in [-0.25, -0.2) is 4.79 Å². The molecule has 3 aromatic carbocycles. The molecule has 3 N–H and O–H groups in total. The van der Waals surface area contributed by atoms with E-state index in [4.69, 9.17) is 4.74 Å². The van der Waals surface area contributed by atoms with Crippen LogP contribution in [0, 0.1) is 0 Å². The van der Waals surface area contributed by atoms with Crippen LogP contribution in [0.15, 0.2) is 73.1 Å². The van der Waals surface area contributed by atoms with E-state index in [9.17, 15) is 14.7 Å². The Kier molecular flexibility index (Phi) is 4.75. The van der Waals surface area contributed by atoms with Gasteiger partial charge in [0, 0.05) is 35.6 Å². The molecule has 0 saturated carbocycles. The summed E-state index contributed by atoms with van der Waals surface area (Å²) in [5, 5.41) is 22.9. The topological polar surface area (TPSA) is 110 Å². The maximum absolute atomic E-state index is 13.1. The highest BCUT2D eigenvalue weighted by molar-refractivity contribution is 6.07.